The number of amides is 1. The average molecular weight is 286 g/mol. The molecule has 6 heteroatoms. The third kappa shape index (κ3) is 4.25. The maximum absolute atomic E-state index is 12.0. The minimum atomic E-state index is -0.248. The van der Waals surface area contributed by atoms with Crippen LogP contribution in [0.4, 0.5) is 5.95 Å². The van der Waals surface area contributed by atoms with Gasteiger partial charge in [-0.3, -0.25) is 15.6 Å². The molecular weight excluding hydrogens is 268 g/mol. The smallest absolute Gasteiger partial charge is 0.269 e. The van der Waals surface area contributed by atoms with Gasteiger partial charge in [0.1, 0.15) is 0 Å². The Labute approximate surface area is 123 Å². The van der Waals surface area contributed by atoms with Crippen LogP contribution < -0.4 is 10.9 Å². The van der Waals surface area contributed by atoms with Crippen molar-refractivity contribution < 1.29 is 9.53 Å². The van der Waals surface area contributed by atoms with E-state index in [1.165, 1.54) is 0 Å². The number of carbonyl (C=O) groups is 1. The van der Waals surface area contributed by atoms with Crippen LogP contribution in [-0.2, 0) is 11.3 Å². The van der Waals surface area contributed by atoms with Crippen molar-refractivity contribution in [1.29, 1.82) is 0 Å². The quantitative estimate of drug-likeness (QED) is 0.822. The van der Waals surface area contributed by atoms with E-state index in [1.54, 1.807) is 19.2 Å². The summed E-state index contributed by atoms with van der Waals surface area (Å²) in [5.74, 6) is 0.124. The molecule has 0 spiro atoms. The Hall–Kier alpha value is -2.47. The van der Waals surface area contributed by atoms with Gasteiger partial charge in [0.05, 0.1) is 6.61 Å². The van der Waals surface area contributed by atoms with Crippen LogP contribution in [0.2, 0.25) is 0 Å². The van der Waals surface area contributed by atoms with Crippen LogP contribution in [-0.4, -0.2) is 23.0 Å². The maximum Gasteiger partial charge on any atom is 0.269 e. The summed E-state index contributed by atoms with van der Waals surface area (Å²) in [5, 5.41) is 0. The van der Waals surface area contributed by atoms with Gasteiger partial charge in [0, 0.05) is 24.1 Å². The van der Waals surface area contributed by atoms with E-state index >= 15 is 0 Å². The number of nitrogens with zero attached hydrogens (tertiary/aromatic N) is 2. The predicted molar refractivity (Wildman–Crippen MR) is 79.7 cm³/mol. The number of hydrogen-bond acceptors (Lipinski definition) is 5. The first-order valence-electron chi connectivity index (χ1n) is 6.55. The summed E-state index contributed by atoms with van der Waals surface area (Å²) in [6, 6.07) is 9.06. The topological polar surface area (TPSA) is 76.1 Å². The van der Waals surface area contributed by atoms with Crippen molar-refractivity contribution in [2.24, 2.45) is 0 Å². The van der Waals surface area contributed by atoms with Crippen LogP contribution in [0.25, 0.3) is 0 Å². The number of rotatable bonds is 5. The van der Waals surface area contributed by atoms with Gasteiger partial charge in [-0.1, -0.05) is 12.1 Å². The lowest BCUT2D eigenvalue weighted by atomic mass is 10.1. The number of aryl methyl sites for hydroxylation is 2. The van der Waals surface area contributed by atoms with Gasteiger partial charge in [-0.05, 0) is 37.6 Å². The molecular formula is C15H18N4O2. The highest BCUT2D eigenvalue weighted by Gasteiger charge is 2.06. The van der Waals surface area contributed by atoms with E-state index in [9.17, 15) is 4.79 Å². The van der Waals surface area contributed by atoms with Gasteiger partial charge in [-0.15, -0.1) is 0 Å². The number of nitrogens with one attached hydrogen (secondary N) is 2. The molecule has 2 rings (SSSR count). The van der Waals surface area contributed by atoms with Crippen LogP contribution in [0.3, 0.4) is 0 Å². The van der Waals surface area contributed by atoms with Gasteiger partial charge >= 0.3 is 0 Å². The number of hydrazine groups is 1. The summed E-state index contributed by atoms with van der Waals surface area (Å²) in [5.41, 5.74) is 8.53. The highest BCUT2D eigenvalue weighted by Crippen LogP contribution is 2.06. The van der Waals surface area contributed by atoms with Gasteiger partial charge in [0.25, 0.3) is 5.91 Å². The SMILES string of the molecule is COCc1ccc(C(=O)NNc2nc(C)cc(C)n2)cc1. The first-order valence-corrected chi connectivity index (χ1v) is 6.55. The molecule has 0 saturated carbocycles. The Morgan fingerprint density at radius 3 is 2.33 bits per heavy atom. The summed E-state index contributed by atoms with van der Waals surface area (Å²) >= 11 is 0. The Bertz CT molecular complexity index is 606. The fourth-order valence-electron chi connectivity index (χ4n) is 1.89. The predicted octanol–water partition coefficient (Wildman–Crippen LogP) is 2.00. The number of anilines is 1. The molecule has 0 aliphatic rings. The van der Waals surface area contributed by atoms with Crippen molar-refractivity contribution in [2.45, 2.75) is 20.5 Å². The summed E-state index contributed by atoms with van der Waals surface area (Å²) in [4.78, 5) is 20.4. The zero-order valence-corrected chi connectivity index (χ0v) is 12.3. The second-order valence-electron chi connectivity index (χ2n) is 4.68. The summed E-state index contributed by atoms with van der Waals surface area (Å²) in [6.07, 6.45) is 0. The highest BCUT2D eigenvalue weighted by molar-refractivity contribution is 5.94. The van der Waals surface area contributed by atoms with E-state index in [4.69, 9.17) is 4.74 Å². The summed E-state index contributed by atoms with van der Waals surface area (Å²) < 4.78 is 5.03. The molecule has 1 aromatic carbocycles. The molecule has 0 aliphatic carbocycles. The minimum absolute atomic E-state index is 0.248. The first kappa shape index (κ1) is 14.9. The molecule has 21 heavy (non-hydrogen) atoms. The van der Waals surface area contributed by atoms with E-state index in [0.29, 0.717) is 18.1 Å². The molecule has 1 amide bonds. The number of aromatic nitrogens is 2. The number of methoxy groups -OCH3 is 1. The molecule has 2 aromatic rings. The number of hydrogen-bond donors (Lipinski definition) is 2. The first-order chi connectivity index (χ1) is 10.1. The zero-order valence-electron chi connectivity index (χ0n) is 12.3. The standard InChI is InChI=1S/C15H18N4O2/c1-10-8-11(2)17-15(16-10)19-18-14(20)13-6-4-12(5-7-13)9-21-3/h4-8H,9H2,1-3H3,(H,18,20)(H,16,17,19). The molecule has 1 heterocycles. The summed E-state index contributed by atoms with van der Waals surface area (Å²) in [7, 11) is 1.63. The van der Waals surface area contributed by atoms with Crippen LogP contribution in [0, 0.1) is 13.8 Å². The molecule has 0 bridgehead atoms. The molecule has 0 unspecified atom stereocenters. The van der Waals surface area contributed by atoms with Crippen LogP contribution in [0.5, 0.6) is 0 Å². The molecule has 110 valence electrons. The molecule has 0 atom stereocenters. The number of carbonyl (C=O) groups excluding carboxylic acids is 1. The van der Waals surface area contributed by atoms with Crippen molar-refractivity contribution in [3.05, 3.63) is 52.8 Å². The van der Waals surface area contributed by atoms with Crippen molar-refractivity contribution in [2.75, 3.05) is 12.5 Å². The van der Waals surface area contributed by atoms with Crippen molar-refractivity contribution in [3.63, 3.8) is 0 Å². The molecule has 0 aliphatic heterocycles. The van der Waals surface area contributed by atoms with Gasteiger partial charge in [-0.2, -0.15) is 0 Å². The van der Waals surface area contributed by atoms with E-state index in [1.807, 2.05) is 32.0 Å². The van der Waals surface area contributed by atoms with E-state index in [0.717, 1.165) is 17.0 Å². The second-order valence-corrected chi connectivity index (χ2v) is 4.68. The second kappa shape index (κ2) is 6.81. The summed E-state index contributed by atoms with van der Waals surface area (Å²) in [6.45, 7) is 4.27. The molecule has 2 N–H and O–H groups in total. The Morgan fingerprint density at radius 1 is 1.14 bits per heavy atom. The fraction of sp³-hybridized carbons (Fsp3) is 0.267. The Balaban J connectivity index is 1.97. The van der Waals surface area contributed by atoms with Gasteiger partial charge in [-0.25, -0.2) is 9.97 Å². The van der Waals surface area contributed by atoms with Gasteiger partial charge in [0.2, 0.25) is 5.95 Å². The van der Waals surface area contributed by atoms with Crippen molar-refractivity contribution >= 4 is 11.9 Å². The lowest BCUT2D eigenvalue weighted by Crippen LogP contribution is -2.30. The minimum Gasteiger partial charge on any atom is -0.380 e. The molecule has 1 aromatic heterocycles. The van der Waals surface area contributed by atoms with Crippen LogP contribution in [0.1, 0.15) is 27.3 Å². The molecule has 0 fully saturated rings. The van der Waals surface area contributed by atoms with E-state index in [-0.39, 0.29) is 5.91 Å². The molecule has 6 nitrogen and oxygen atoms in total. The zero-order chi connectivity index (χ0) is 15.2. The maximum atomic E-state index is 12.0. The van der Waals surface area contributed by atoms with E-state index < -0.39 is 0 Å². The van der Waals surface area contributed by atoms with Gasteiger partial charge in [0.15, 0.2) is 0 Å². The van der Waals surface area contributed by atoms with Gasteiger partial charge < -0.3 is 4.74 Å². The van der Waals surface area contributed by atoms with E-state index in [2.05, 4.69) is 20.8 Å². The normalized spacial score (nSPS) is 10.2. The fourth-order valence-corrected chi connectivity index (χ4v) is 1.89. The van der Waals surface area contributed by atoms with Crippen LogP contribution in [0.15, 0.2) is 30.3 Å². The molecule has 0 saturated heterocycles. The largest absolute Gasteiger partial charge is 0.380 e. The molecule has 0 radical (unpaired) electrons. The Kier molecular flexibility index (Phi) is 4.84. The lowest BCUT2D eigenvalue weighted by Gasteiger charge is -2.08. The lowest BCUT2D eigenvalue weighted by molar-refractivity contribution is 0.0962. The third-order valence-electron chi connectivity index (χ3n) is 2.80. The third-order valence-corrected chi connectivity index (χ3v) is 2.80. The van der Waals surface area contributed by atoms with Crippen molar-refractivity contribution in [3.8, 4) is 0 Å². The monoisotopic (exact) mass is 286 g/mol. The average Bonchev–Trinajstić information content (AvgIpc) is 2.45. The number of ether oxygens (including phenoxy) is 1. The number of benzene rings is 1. The van der Waals surface area contributed by atoms with Crippen LogP contribution >= 0.6 is 0 Å². The van der Waals surface area contributed by atoms with Crippen molar-refractivity contribution in [1.82, 2.24) is 15.4 Å². The highest BCUT2D eigenvalue weighted by atomic mass is 16.5. The Morgan fingerprint density at radius 2 is 1.76 bits per heavy atom.